The van der Waals surface area contributed by atoms with Crippen LogP contribution in [0.4, 0.5) is 14.5 Å². The smallest absolute Gasteiger partial charge is 0.119 e. The van der Waals surface area contributed by atoms with E-state index in [0.717, 1.165) is 17.8 Å². The number of nitrogens with two attached hydrogens (primary N) is 1. The van der Waals surface area contributed by atoms with Crippen LogP contribution in [0.5, 0.6) is 0 Å². The number of halogens is 2. The van der Waals surface area contributed by atoms with E-state index >= 15 is 0 Å². The number of ether oxygens (including phenoxy) is 1. The zero-order valence-corrected chi connectivity index (χ0v) is 11.1. The lowest BCUT2D eigenvalue weighted by Crippen LogP contribution is -2.31. The fourth-order valence-corrected chi connectivity index (χ4v) is 2.47. The van der Waals surface area contributed by atoms with Gasteiger partial charge >= 0.3 is 0 Å². The molecular weight excluding hydrogens is 250 g/mol. The second-order valence-electron chi connectivity index (χ2n) is 4.90. The van der Waals surface area contributed by atoms with E-state index in [1.165, 1.54) is 7.11 Å². The summed E-state index contributed by atoms with van der Waals surface area (Å²) in [5.74, 6) is 0. The van der Waals surface area contributed by atoms with Gasteiger partial charge in [0.15, 0.2) is 0 Å². The van der Waals surface area contributed by atoms with Gasteiger partial charge in [-0.3, -0.25) is 0 Å². The molecule has 0 aromatic heterocycles. The van der Waals surface area contributed by atoms with E-state index in [9.17, 15) is 8.78 Å². The van der Waals surface area contributed by atoms with Crippen LogP contribution in [0.15, 0.2) is 24.3 Å². The Bertz CT molecular complexity index is 399. The van der Waals surface area contributed by atoms with E-state index in [4.69, 9.17) is 10.5 Å². The van der Waals surface area contributed by atoms with Crippen molar-refractivity contribution in [3.63, 3.8) is 0 Å². The second kappa shape index (κ2) is 6.30. The zero-order chi connectivity index (χ0) is 13.8. The molecule has 1 aromatic carbocycles. The maximum Gasteiger partial charge on any atom is 0.119 e. The van der Waals surface area contributed by atoms with Crippen molar-refractivity contribution in [2.75, 3.05) is 31.8 Å². The molecule has 0 amide bonds. The lowest BCUT2D eigenvalue weighted by Gasteiger charge is -2.22. The van der Waals surface area contributed by atoms with Gasteiger partial charge in [0, 0.05) is 25.9 Å². The lowest BCUT2D eigenvalue weighted by molar-refractivity contribution is 0.0721. The van der Waals surface area contributed by atoms with Crippen LogP contribution in [0.25, 0.3) is 0 Å². The van der Waals surface area contributed by atoms with Crippen molar-refractivity contribution in [2.45, 2.75) is 24.7 Å². The van der Waals surface area contributed by atoms with E-state index in [0.29, 0.717) is 13.0 Å². The minimum atomic E-state index is -0.744. The molecule has 1 aliphatic rings. The average molecular weight is 270 g/mol. The first-order chi connectivity index (χ1) is 9.15. The molecule has 106 valence electrons. The summed E-state index contributed by atoms with van der Waals surface area (Å²) in [7, 11) is 1.52. The number of methoxy groups -OCH3 is 1. The highest BCUT2D eigenvalue weighted by molar-refractivity contribution is 5.49. The summed E-state index contributed by atoms with van der Waals surface area (Å²) in [6.45, 7) is 0.547. The van der Waals surface area contributed by atoms with Crippen molar-refractivity contribution in [3.05, 3.63) is 29.8 Å². The molecule has 3 atom stereocenters. The van der Waals surface area contributed by atoms with Crippen molar-refractivity contribution < 1.29 is 13.5 Å². The maximum absolute atomic E-state index is 13.2. The van der Waals surface area contributed by atoms with Gasteiger partial charge in [-0.05, 0) is 24.1 Å². The number of rotatable bonds is 5. The van der Waals surface area contributed by atoms with Gasteiger partial charge in [0.1, 0.15) is 12.8 Å². The molecule has 1 aromatic rings. The summed E-state index contributed by atoms with van der Waals surface area (Å²) < 4.78 is 31.0. The van der Waals surface area contributed by atoms with Gasteiger partial charge in [0.05, 0.1) is 12.1 Å². The van der Waals surface area contributed by atoms with Crippen LogP contribution < -0.4 is 10.6 Å². The molecule has 2 N–H and O–H groups in total. The minimum Gasteiger partial charge on any atom is -0.375 e. The fraction of sp³-hybridized carbons (Fsp3) is 0.571. The number of hydrogen-bond donors (Lipinski definition) is 1. The molecule has 5 heteroatoms. The largest absolute Gasteiger partial charge is 0.375 e. The molecule has 2 rings (SSSR count). The van der Waals surface area contributed by atoms with Crippen LogP contribution in [-0.2, 0) is 4.74 Å². The van der Waals surface area contributed by atoms with Gasteiger partial charge in [0.2, 0.25) is 0 Å². The molecule has 1 fully saturated rings. The molecule has 0 saturated carbocycles. The van der Waals surface area contributed by atoms with Crippen molar-refractivity contribution >= 4 is 5.69 Å². The van der Waals surface area contributed by atoms with Gasteiger partial charge in [-0.15, -0.1) is 0 Å². The minimum absolute atomic E-state index is 0.442. The average Bonchev–Trinajstić information content (AvgIpc) is 2.87. The van der Waals surface area contributed by atoms with Crippen LogP contribution >= 0.6 is 0 Å². The number of alkyl halides is 2. The van der Waals surface area contributed by atoms with Crippen molar-refractivity contribution in [1.29, 1.82) is 0 Å². The predicted molar refractivity (Wildman–Crippen MR) is 71.9 cm³/mol. The van der Waals surface area contributed by atoms with Crippen LogP contribution in [-0.4, -0.2) is 39.1 Å². The van der Waals surface area contributed by atoms with E-state index in [2.05, 4.69) is 0 Å². The molecular formula is C14H20F2N2O. The van der Waals surface area contributed by atoms with Gasteiger partial charge in [-0.2, -0.15) is 0 Å². The van der Waals surface area contributed by atoms with Gasteiger partial charge in [-0.25, -0.2) is 8.78 Å². The van der Waals surface area contributed by atoms with Crippen molar-refractivity contribution in [1.82, 2.24) is 0 Å². The van der Waals surface area contributed by atoms with Crippen LogP contribution in [0, 0.1) is 0 Å². The van der Waals surface area contributed by atoms with Gasteiger partial charge in [0.25, 0.3) is 0 Å². The highest BCUT2D eigenvalue weighted by Crippen LogP contribution is 2.26. The normalized spacial score (nSPS) is 22.5. The predicted octanol–water partition coefficient (Wildman–Crippen LogP) is 2.22. The van der Waals surface area contributed by atoms with Gasteiger partial charge in [-0.1, -0.05) is 12.1 Å². The molecule has 0 aliphatic carbocycles. The van der Waals surface area contributed by atoms with Crippen molar-refractivity contribution in [2.24, 2.45) is 5.73 Å². The highest BCUT2D eigenvalue weighted by Gasteiger charge is 2.23. The third-order valence-electron chi connectivity index (χ3n) is 3.54. The van der Waals surface area contributed by atoms with Crippen molar-refractivity contribution in [3.8, 4) is 0 Å². The molecule has 1 saturated heterocycles. The van der Waals surface area contributed by atoms with Crippen LogP contribution in [0.2, 0.25) is 0 Å². The summed E-state index contributed by atoms with van der Waals surface area (Å²) in [6.07, 6.45) is -0.618. The molecule has 3 unspecified atom stereocenters. The van der Waals surface area contributed by atoms with Gasteiger partial charge < -0.3 is 15.4 Å². The van der Waals surface area contributed by atoms with E-state index in [-0.39, 0.29) is 0 Å². The summed E-state index contributed by atoms with van der Waals surface area (Å²) in [5, 5.41) is 0. The Balaban J connectivity index is 2.09. The summed E-state index contributed by atoms with van der Waals surface area (Å²) in [6, 6.07) is 6.88. The third-order valence-corrected chi connectivity index (χ3v) is 3.54. The maximum atomic E-state index is 13.2. The summed E-state index contributed by atoms with van der Waals surface area (Å²) in [4.78, 5) is 2.01. The number of hydrogen-bond acceptors (Lipinski definition) is 3. The standard InChI is InChI=1S/C14H20F2N2O/c1-19-14(13(17)8-15)10-2-4-12(5-3-10)18-7-6-11(16)9-18/h2-5,11,13-14H,6-9,17H2,1H3. The Labute approximate surface area is 112 Å². The quantitative estimate of drug-likeness (QED) is 0.891. The first-order valence-corrected chi connectivity index (χ1v) is 6.49. The molecule has 1 aliphatic heterocycles. The lowest BCUT2D eigenvalue weighted by atomic mass is 10.0. The Morgan fingerprint density at radius 1 is 1.42 bits per heavy atom. The SMILES string of the molecule is COC(c1ccc(N2CCC(F)C2)cc1)C(N)CF. The number of anilines is 1. The van der Waals surface area contributed by atoms with E-state index in [1.807, 2.05) is 29.2 Å². The molecule has 0 spiro atoms. The molecule has 19 heavy (non-hydrogen) atoms. The molecule has 3 nitrogen and oxygen atoms in total. The van der Waals surface area contributed by atoms with Crippen LogP contribution in [0.1, 0.15) is 18.1 Å². The third kappa shape index (κ3) is 3.22. The summed E-state index contributed by atoms with van der Waals surface area (Å²) >= 11 is 0. The molecule has 1 heterocycles. The first kappa shape index (κ1) is 14.2. The van der Waals surface area contributed by atoms with E-state index < -0.39 is 25.0 Å². The Kier molecular flexibility index (Phi) is 4.71. The zero-order valence-electron chi connectivity index (χ0n) is 11.1. The Morgan fingerprint density at radius 2 is 2.11 bits per heavy atom. The van der Waals surface area contributed by atoms with Crippen LogP contribution in [0.3, 0.4) is 0 Å². The molecule has 0 radical (unpaired) electrons. The monoisotopic (exact) mass is 270 g/mol. The van der Waals surface area contributed by atoms with E-state index in [1.54, 1.807) is 0 Å². The first-order valence-electron chi connectivity index (χ1n) is 6.49. The molecule has 0 bridgehead atoms. The second-order valence-corrected chi connectivity index (χ2v) is 4.90. The highest BCUT2D eigenvalue weighted by atomic mass is 19.1. The topological polar surface area (TPSA) is 38.5 Å². The number of benzene rings is 1. The Morgan fingerprint density at radius 3 is 2.58 bits per heavy atom. The number of nitrogens with zero attached hydrogens (tertiary/aromatic N) is 1. The Hall–Kier alpha value is -1.20. The fourth-order valence-electron chi connectivity index (χ4n) is 2.47. The summed E-state index contributed by atoms with van der Waals surface area (Å²) in [5.41, 5.74) is 7.50.